The lowest BCUT2D eigenvalue weighted by Crippen LogP contribution is -2.12. The van der Waals surface area contributed by atoms with E-state index < -0.39 is 11.8 Å². The molecule has 0 aliphatic heterocycles. The number of nitrogens with one attached hydrogen (secondary N) is 2. The average molecular weight is 802 g/mol. The van der Waals surface area contributed by atoms with Gasteiger partial charge in [0, 0.05) is 33.8 Å². The number of benzene rings is 8. The number of aryl methyl sites for hydroxylation is 2. The zero-order valence-corrected chi connectivity index (χ0v) is 32.8. The summed E-state index contributed by atoms with van der Waals surface area (Å²) >= 11 is 0. The molecule has 0 saturated heterocycles. The number of aromatic nitrogens is 1. The second-order valence-electron chi connectivity index (χ2n) is 14.4. The van der Waals surface area contributed by atoms with Crippen molar-refractivity contribution in [2.24, 2.45) is 20.5 Å². The van der Waals surface area contributed by atoms with Crippen molar-refractivity contribution in [2.75, 3.05) is 10.6 Å². The highest BCUT2D eigenvalue weighted by Crippen LogP contribution is 2.41. The van der Waals surface area contributed by atoms with Crippen LogP contribution in [0.3, 0.4) is 0 Å². The number of oxazole rings is 1. The van der Waals surface area contributed by atoms with E-state index in [1.54, 1.807) is 78.9 Å². The first-order chi connectivity index (χ1) is 29.7. The highest BCUT2D eigenvalue weighted by Gasteiger charge is 2.20. The molecule has 0 atom stereocenters. The molecule has 0 aliphatic rings. The predicted octanol–water partition coefficient (Wildman–Crippen LogP) is 13.2. The minimum absolute atomic E-state index is 0.0653. The third-order valence-corrected chi connectivity index (χ3v) is 10.1. The Kier molecular flexibility index (Phi) is 9.99. The summed E-state index contributed by atoms with van der Waals surface area (Å²) in [4.78, 5) is 31.3. The lowest BCUT2D eigenvalue weighted by Gasteiger charge is -2.11. The number of carbonyl (C=O) groups excluding carboxylic acids is 2. The third kappa shape index (κ3) is 7.88. The SMILES string of the molecule is Cc1ccc(NC(=O)c2cc3ccccc3c(N=Nc3ccc(-c4nc5ccc(N=Nc6c(O)c(C(=O)Nc7ccc(C)cc7)cc7ccccc67)cc5o4)cc3)c2O)cc1. The van der Waals surface area contributed by atoms with Crippen molar-refractivity contribution in [3.63, 3.8) is 0 Å². The molecular formula is C49H35N7O5. The minimum Gasteiger partial charge on any atom is -0.505 e. The summed E-state index contributed by atoms with van der Waals surface area (Å²) in [5.41, 5.74) is 6.45. The molecule has 9 aromatic rings. The van der Waals surface area contributed by atoms with Crippen LogP contribution in [0.25, 0.3) is 44.1 Å². The van der Waals surface area contributed by atoms with E-state index in [1.807, 2.05) is 86.6 Å². The van der Waals surface area contributed by atoms with Gasteiger partial charge in [-0.05, 0) is 97.4 Å². The molecule has 12 heteroatoms. The van der Waals surface area contributed by atoms with Crippen LogP contribution in [0.2, 0.25) is 0 Å². The van der Waals surface area contributed by atoms with E-state index in [4.69, 9.17) is 4.42 Å². The van der Waals surface area contributed by atoms with Crippen LogP contribution < -0.4 is 10.6 Å². The van der Waals surface area contributed by atoms with Gasteiger partial charge in [0.1, 0.15) is 16.9 Å². The fourth-order valence-electron chi connectivity index (χ4n) is 6.84. The Bertz CT molecular complexity index is 3210. The Labute approximate surface area is 348 Å². The van der Waals surface area contributed by atoms with Gasteiger partial charge in [0.25, 0.3) is 11.8 Å². The smallest absolute Gasteiger partial charge is 0.259 e. The van der Waals surface area contributed by atoms with E-state index >= 15 is 0 Å². The van der Waals surface area contributed by atoms with Gasteiger partial charge < -0.3 is 25.3 Å². The second-order valence-corrected chi connectivity index (χ2v) is 14.4. The molecule has 0 bridgehead atoms. The molecule has 0 fully saturated rings. The Morgan fingerprint density at radius 3 is 1.54 bits per heavy atom. The summed E-state index contributed by atoms with van der Waals surface area (Å²) in [6.07, 6.45) is 0. The molecule has 0 aliphatic carbocycles. The summed E-state index contributed by atoms with van der Waals surface area (Å²) in [6.45, 7) is 3.92. The number of azo groups is 2. The van der Waals surface area contributed by atoms with Crippen LogP contribution in [0.1, 0.15) is 31.8 Å². The van der Waals surface area contributed by atoms with Gasteiger partial charge in [-0.2, -0.15) is 10.2 Å². The van der Waals surface area contributed by atoms with Crippen molar-refractivity contribution >= 4 is 78.6 Å². The van der Waals surface area contributed by atoms with E-state index in [9.17, 15) is 19.8 Å². The van der Waals surface area contributed by atoms with Crippen molar-refractivity contribution in [1.29, 1.82) is 0 Å². The molecule has 2 amide bonds. The molecule has 8 aromatic carbocycles. The predicted molar refractivity (Wildman–Crippen MR) is 237 cm³/mol. The van der Waals surface area contributed by atoms with Gasteiger partial charge in [-0.1, -0.05) is 83.9 Å². The van der Waals surface area contributed by atoms with Gasteiger partial charge in [-0.25, -0.2) is 4.98 Å². The van der Waals surface area contributed by atoms with Crippen molar-refractivity contribution in [1.82, 2.24) is 4.98 Å². The van der Waals surface area contributed by atoms with E-state index in [-0.39, 0.29) is 34.0 Å². The number of phenols is 2. The molecule has 1 heterocycles. The summed E-state index contributed by atoms with van der Waals surface area (Å²) in [7, 11) is 0. The molecule has 12 nitrogen and oxygen atoms in total. The number of amides is 2. The summed E-state index contributed by atoms with van der Waals surface area (Å²) in [5.74, 6) is -1.17. The van der Waals surface area contributed by atoms with Crippen LogP contribution in [-0.4, -0.2) is 27.0 Å². The lowest BCUT2D eigenvalue weighted by atomic mass is 10.0. The monoisotopic (exact) mass is 801 g/mol. The standard InChI is InChI=1S/C49H35N7O5/c1-28-11-17-33(18-12-28)50-47(59)39-25-31-7-3-5-9-37(31)43(45(39)57)55-53-35-21-15-30(16-22-35)49-52-41-24-23-36(27-42(41)61-49)54-56-44-38-10-6-4-8-32(38)26-40(46(44)58)48(60)51-34-19-13-29(2)14-20-34/h3-27,57-58H,1-2H3,(H,50,59)(H,51,60). The Morgan fingerprint density at radius 2 is 1.02 bits per heavy atom. The molecule has 296 valence electrons. The number of aromatic hydroxyl groups is 2. The zero-order valence-electron chi connectivity index (χ0n) is 32.8. The summed E-state index contributed by atoms with van der Waals surface area (Å²) in [6, 6.07) is 44.9. The first-order valence-electron chi connectivity index (χ1n) is 19.3. The van der Waals surface area contributed by atoms with Crippen molar-refractivity contribution in [3.05, 3.63) is 174 Å². The summed E-state index contributed by atoms with van der Waals surface area (Å²) < 4.78 is 6.13. The number of rotatable bonds is 9. The van der Waals surface area contributed by atoms with Crippen LogP contribution >= 0.6 is 0 Å². The van der Waals surface area contributed by atoms with Gasteiger partial charge in [0.15, 0.2) is 17.1 Å². The molecule has 1 aromatic heterocycles. The molecule has 0 spiro atoms. The van der Waals surface area contributed by atoms with Gasteiger partial charge in [0.05, 0.1) is 22.5 Å². The normalized spacial score (nSPS) is 11.6. The van der Waals surface area contributed by atoms with Gasteiger partial charge in [-0.3, -0.25) is 9.59 Å². The average Bonchev–Trinajstić information content (AvgIpc) is 3.71. The minimum atomic E-state index is -0.478. The van der Waals surface area contributed by atoms with Crippen LogP contribution in [0.5, 0.6) is 11.5 Å². The Morgan fingerprint density at radius 1 is 0.541 bits per heavy atom. The van der Waals surface area contributed by atoms with Crippen molar-refractivity contribution in [2.45, 2.75) is 13.8 Å². The van der Waals surface area contributed by atoms with Crippen LogP contribution in [0, 0.1) is 13.8 Å². The fraction of sp³-hybridized carbons (Fsp3) is 0.0408. The Balaban J connectivity index is 0.949. The maximum Gasteiger partial charge on any atom is 0.259 e. The maximum atomic E-state index is 13.3. The van der Waals surface area contributed by atoms with E-state index in [1.165, 1.54) is 0 Å². The third-order valence-electron chi connectivity index (χ3n) is 10.1. The number of phenolic OH excluding ortho intramolecular Hbond substituents is 2. The highest BCUT2D eigenvalue weighted by atomic mass is 16.3. The van der Waals surface area contributed by atoms with E-state index in [0.717, 1.165) is 16.5 Å². The molecule has 4 N–H and O–H groups in total. The number of nitrogens with zero attached hydrogens (tertiary/aromatic N) is 5. The first-order valence-corrected chi connectivity index (χ1v) is 19.3. The number of fused-ring (bicyclic) bond motifs is 3. The second kappa shape index (κ2) is 16.0. The number of hydrogen-bond acceptors (Lipinski definition) is 10. The number of anilines is 2. The van der Waals surface area contributed by atoms with Crippen molar-refractivity contribution < 1.29 is 24.2 Å². The van der Waals surface area contributed by atoms with E-state index in [2.05, 4.69) is 36.1 Å². The molecular weight excluding hydrogens is 767 g/mol. The number of carbonyl (C=O) groups is 2. The quantitative estimate of drug-likeness (QED) is 0.106. The van der Waals surface area contributed by atoms with Crippen LogP contribution in [0.4, 0.5) is 34.1 Å². The lowest BCUT2D eigenvalue weighted by molar-refractivity contribution is 0.101. The Hall–Kier alpha value is -8.51. The number of hydrogen-bond donors (Lipinski definition) is 4. The summed E-state index contributed by atoms with van der Waals surface area (Å²) in [5, 5.41) is 48.6. The zero-order chi connectivity index (χ0) is 42.0. The highest BCUT2D eigenvalue weighted by molar-refractivity contribution is 6.13. The maximum absolute atomic E-state index is 13.3. The molecule has 0 saturated carbocycles. The van der Waals surface area contributed by atoms with Crippen molar-refractivity contribution in [3.8, 4) is 23.0 Å². The molecule has 0 radical (unpaired) electrons. The first kappa shape index (κ1) is 38.0. The van der Waals surface area contributed by atoms with Gasteiger partial charge in [-0.15, -0.1) is 10.2 Å². The molecule has 0 unspecified atom stereocenters. The van der Waals surface area contributed by atoms with E-state index in [0.29, 0.717) is 61.5 Å². The van der Waals surface area contributed by atoms with Crippen LogP contribution in [0.15, 0.2) is 177 Å². The molecule has 9 rings (SSSR count). The molecule has 61 heavy (non-hydrogen) atoms. The topological polar surface area (TPSA) is 174 Å². The van der Waals surface area contributed by atoms with Crippen LogP contribution in [-0.2, 0) is 0 Å². The largest absolute Gasteiger partial charge is 0.505 e. The van der Waals surface area contributed by atoms with Gasteiger partial charge >= 0.3 is 0 Å². The fourth-order valence-corrected chi connectivity index (χ4v) is 6.84. The van der Waals surface area contributed by atoms with Gasteiger partial charge in [0.2, 0.25) is 5.89 Å².